The van der Waals surface area contributed by atoms with Crippen LogP contribution in [-0.2, 0) is 38.7 Å². The summed E-state index contributed by atoms with van der Waals surface area (Å²) in [6, 6.07) is 3.10. The van der Waals surface area contributed by atoms with Crippen molar-refractivity contribution < 1.29 is 46.7 Å². The molecule has 3 fully saturated rings. The van der Waals surface area contributed by atoms with E-state index >= 15 is 0 Å². The molecule has 3 aliphatic rings. The van der Waals surface area contributed by atoms with Crippen molar-refractivity contribution in [2.45, 2.75) is 23.2 Å². The summed E-state index contributed by atoms with van der Waals surface area (Å²) in [6.07, 6.45) is 0. The van der Waals surface area contributed by atoms with Crippen LogP contribution in [0.15, 0.2) is 33.6 Å². The summed E-state index contributed by atoms with van der Waals surface area (Å²) in [6.45, 7) is 1.70. The maximum absolute atomic E-state index is 13.3. The van der Waals surface area contributed by atoms with Crippen molar-refractivity contribution >= 4 is 51.6 Å². The first-order chi connectivity index (χ1) is 16.6. The Hall–Kier alpha value is -4.18. The molecular weight excluding hydrogens is 502 g/mol. The summed E-state index contributed by atoms with van der Waals surface area (Å²) < 4.78 is 40.5. The minimum Gasteiger partial charge on any atom is -0.427 e. The third-order valence-electron chi connectivity index (χ3n) is 5.89. The highest BCUT2D eigenvalue weighted by molar-refractivity contribution is 7.90. The Bertz CT molecular complexity index is 1350. The largest absolute Gasteiger partial charge is 0.427 e. The fourth-order valence-electron chi connectivity index (χ4n) is 3.78. The number of sulfonamides is 1. The van der Waals surface area contributed by atoms with E-state index < -0.39 is 63.0 Å². The molecule has 8 amide bonds. The van der Waals surface area contributed by atoms with Gasteiger partial charge in [0, 0.05) is 28.2 Å². The lowest BCUT2D eigenvalue weighted by Gasteiger charge is -2.39. The Labute approximate surface area is 203 Å². The highest BCUT2D eigenvalue weighted by Gasteiger charge is 2.77. The zero-order valence-corrected chi connectivity index (χ0v) is 20.4. The van der Waals surface area contributed by atoms with Crippen LogP contribution < -0.4 is 0 Å². The average Bonchev–Trinajstić information content (AvgIpc) is 3.18. The maximum Gasteiger partial charge on any atom is 0.377 e. The number of hydrogen-bond donors (Lipinski definition) is 0. The molecule has 3 saturated heterocycles. The number of hydrogen-bond acceptors (Lipinski definition) is 10. The molecule has 0 saturated carbocycles. The molecule has 0 aromatic heterocycles. The van der Waals surface area contributed by atoms with Crippen molar-refractivity contribution in [2.75, 3.05) is 28.2 Å². The van der Waals surface area contributed by atoms with Gasteiger partial charge in [-0.25, -0.2) is 9.59 Å². The van der Waals surface area contributed by atoms with Crippen LogP contribution >= 0.6 is 0 Å². The van der Waals surface area contributed by atoms with Gasteiger partial charge in [0.1, 0.15) is 0 Å². The lowest BCUT2D eigenvalue weighted by Crippen LogP contribution is -2.72. The number of benzene rings is 1. The van der Waals surface area contributed by atoms with Gasteiger partial charge in [-0.3, -0.25) is 43.5 Å². The summed E-state index contributed by atoms with van der Waals surface area (Å²) in [7, 11) is -0.856. The van der Waals surface area contributed by atoms with Crippen molar-refractivity contribution in [3.63, 3.8) is 0 Å². The second-order valence-corrected chi connectivity index (χ2v) is 9.81. The van der Waals surface area contributed by atoms with E-state index in [1.807, 2.05) is 0 Å². The molecule has 0 N–H and O–H groups in total. The average molecular weight is 521 g/mol. The predicted octanol–water partition coefficient (Wildman–Crippen LogP) is -1.34. The molecule has 0 atom stereocenters. The first kappa shape index (κ1) is 24.9. The highest BCUT2D eigenvalue weighted by atomic mass is 32.2. The monoisotopic (exact) mass is 521 g/mol. The quantitative estimate of drug-likeness (QED) is 0.423. The van der Waals surface area contributed by atoms with Gasteiger partial charge in [0.2, 0.25) is 0 Å². The molecule has 0 radical (unpaired) electrons. The Morgan fingerprint density at radius 1 is 0.722 bits per heavy atom. The topological polar surface area (TPSA) is 180 Å². The van der Waals surface area contributed by atoms with Crippen molar-refractivity contribution in [1.82, 2.24) is 19.6 Å². The van der Waals surface area contributed by atoms with E-state index in [0.717, 1.165) is 28.2 Å². The Kier molecular flexibility index (Phi) is 5.30. The molecule has 36 heavy (non-hydrogen) atoms. The molecule has 3 heterocycles. The minimum atomic E-state index is -4.72. The van der Waals surface area contributed by atoms with Crippen molar-refractivity contribution in [3.8, 4) is 0 Å². The van der Waals surface area contributed by atoms with Crippen LogP contribution in [0.4, 0.5) is 9.59 Å². The number of carbonyl (C=O) groups is 6. The molecule has 190 valence electrons. The fraction of sp³-hybridized carbons (Fsp3) is 0.350. The normalized spacial score (nSPS) is 23.0. The zero-order valence-electron chi connectivity index (χ0n) is 19.5. The molecule has 1 aromatic carbocycles. The number of ether oxygens (including phenoxy) is 2. The van der Waals surface area contributed by atoms with Crippen LogP contribution in [0.2, 0.25) is 0 Å². The van der Waals surface area contributed by atoms with Crippen LogP contribution in [0, 0.1) is 6.92 Å². The number of rotatable bonds is 2. The molecular formula is C20H19N5O10S. The molecule has 2 spiro atoms. The second kappa shape index (κ2) is 7.66. The maximum atomic E-state index is 13.3. The summed E-state index contributed by atoms with van der Waals surface area (Å²) in [5.41, 5.74) is -2.44. The Morgan fingerprint density at radius 3 is 1.58 bits per heavy atom. The van der Waals surface area contributed by atoms with E-state index in [9.17, 15) is 37.2 Å². The smallest absolute Gasteiger partial charge is 0.377 e. The first-order valence-corrected chi connectivity index (χ1v) is 11.6. The van der Waals surface area contributed by atoms with Gasteiger partial charge in [0.15, 0.2) is 0 Å². The molecule has 3 aliphatic heterocycles. The van der Waals surface area contributed by atoms with E-state index in [0.29, 0.717) is 25.2 Å². The van der Waals surface area contributed by atoms with Crippen molar-refractivity contribution in [1.29, 1.82) is 0 Å². The number of barbiturate groups is 2. The van der Waals surface area contributed by atoms with E-state index in [2.05, 4.69) is 4.40 Å². The number of urea groups is 2. The molecule has 0 aliphatic carbocycles. The van der Waals surface area contributed by atoms with E-state index in [-0.39, 0.29) is 4.90 Å². The number of nitrogens with zero attached hydrogens (tertiary/aromatic N) is 5. The lowest BCUT2D eigenvalue weighted by atomic mass is 9.98. The zero-order chi connectivity index (χ0) is 27.0. The Morgan fingerprint density at radius 2 is 1.14 bits per heavy atom. The van der Waals surface area contributed by atoms with Gasteiger partial charge < -0.3 is 4.74 Å². The van der Waals surface area contributed by atoms with Crippen molar-refractivity contribution in [2.24, 2.45) is 4.40 Å². The minimum absolute atomic E-state index is 0.375. The van der Waals surface area contributed by atoms with Crippen LogP contribution in [0.5, 0.6) is 0 Å². The number of amides is 8. The number of carbonyl (C=O) groups excluding carboxylic acids is 6. The van der Waals surface area contributed by atoms with Gasteiger partial charge in [0.25, 0.3) is 27.7 Å². The van der Waals surface area contributed by atoms with Gasteiger partial charge in [-0.1, -0.05) is 17.7 Å². The highest BCUT2D eigenvalue weighted by Crippen LogP contribution is 2.42. The third kappa shape index (κ3) is 3.07. The summed E-state index contributed by atoms with van der Waals surface area (Å²) >= 11 is 0. The number of aryl methyl sites for hydroxylation is 1. The number of imide groups is 4. The van der Waals surface area contributed by atoms with Crippen LogP contribution in [0.1, 0.15) is 5.56 Å². The summed E-state index contributed by atoms with van der Waals surface area (Å²) in [5.74, 6) is -10.3. The van der Waals surface area contributed by atoms with Gasteiger partial charge in [0.05, 0.1) is 4.90 Å². The summed E-state index contributed by atoms with van der Waals surface area (Å²) in [5, 5.41) is 0. The third-order valence-corrected chi connectivity index (χ3v) is 7.17. The van der Waals surface area contributed by atoms with E-state index in [1.165, 1.54) is 24.3 Å². The van der Waals surface area contributed by atoms with Crippen LogP contribution in [-0.4, -0.2) is 109 Å². The van der Waals surface area contributed by atoms with Gasteiger partial charge in [-0.15, -0.1) is 4.40 Å². The van der Waals surface area contributed by atoms with E-state index in [4.69, 9.17) is 9.47 Å². The van der Waals surface area contributed by atoms with Crippen molar-refractivity contribution in [3.05, 3.63) is 29.8 Å². The number of likely N-dealkylation sites (N-methyl/N-ethyl adjacent to an activating group) is 4. The SMILES string of the molecule is Cc1ccc(S(=O)(=O)N=C2OC3(OC24C(=O)N(C)C(=O)N(C)C4=O)C(=O)N(C)C(=O)N(C)C3=O)cc1. The first-order valence-electron chi connectivity index (χ1n) is 10.1. The molecule has 4 rings (SSSR count). The molecule has 0 unspecified atom stereocenters. The second-order valence-electron chi connectivity index (χ2n) is 8.21. The van der Waals surface area contributed by atoms with E-state index in [1.54, 1.807) is 6.92 Å². The molecule has 16 heteroatoms. The van der Waals surface area contributed by atoms with Crippen LogP contribution in [0.3, 0.4) is 0 Å². The lowest BCUT2D eigenvalue weighted by molar-refractivity contribution is -0.216. The van der Waals surface area contributed by atoms with Gasteiger partial charge in [-0.2, -0.15) is 8.42 Å². The van der Waals surface area contributed by atoms with Crippen LogP contribution in [0.25, 0.3) is 0 Å². The Balaban J connectivity index is 1.99. The summed E-state index contributed by atoms with van der Waals surface area (Å²) in [4.78, 5) is 78.7. The predicted molar refractivity (Wildman–Crippen MR) is 115 cm³/mol. The fourth-order valence-corrected chi connectivity index (χ4v) is 4.75. The molecule has 15 nitrogen and oxygen atoms in total. The standard InChI is InChI=1S/C20H19N5O10S/c1-10-6-8-11(9-7-10)36(32,33)21-12-19(13(26)22(2)17(30)23(3)14(19)27)35-20(34-12)15(28)24(4)18(31)25(5)16(20)29/h6-9H,1-5H3. The molecule has 1 aromatic rings. The molecule has 0 bridgehead atoms. The van der Waals surface area contributed by atoms with Gasteiger partial charge >= 0.3 is 35.3 Å². The van der Waals surface area contributed by atoms with Gasteiger partial charge in [-0.05, 0) is 19.1 Å².